The first-order valence-corrected chi connectivity index (χ1v) is 7.07. The molecule has 1 N–H and O–H groups in total. The van der Waals surface area contributed by atoms with Gasteiger partial charge in [-0.1, -0.05) is 6.08 Å². The van der Waals surface area contributed by atoms with Crippen molar-refractivity contribution in [1.82, 2.24) is 20.0 Å². The van der Waals surface area contributed by atoms with E-state index in [2.05, 4.69) is 17.0 Å². The van der Waals surface area contributed by atoms with Crippen LogP contribution in [0.4, 0.5) is 4.79 Å². The van der Waals surface area contributed by atoms with Crippen molar-refractivity contribution in [2.75, 3.05) is 13.6 Å². The number of carbonyl (C=O) groups excluding carboxylic acids is 1. The number of hydrogen-bond acceptors (Lipinski definition) is 2. The molecule has 0 saturated carbocycles. The molecular weight excluding hydrogens is 252 g/mol. The minimum atomic E-state index is -0.0388. The van der Waals surface area contributed by atoms with Crippen molar-refractivity contribution in [2.45, 2.75) is 46.2 Å². The summed E-state index contributed by atoms with van der Waals surface area (Å²) < 4.78 is 1.93. The number of allylic oxidation sites excluding steroid dienone is 1. The fraction of sp³-hybridized carbons (Fsp3) is 0.600. The van der Waals surface area contributed by atoms with Gasteiger partial charge in [-0.15, -0.1) is 6.58 Å². The number of hydrogen-bond donors (Lipinski definition) is 1. The lowest BCUT2D eigenvalue weighted by atomic mass is 10.3. The minimum absolute atomic E-state index is 0.0388. The van der Waals surface area contributed by atoms with E-state index in [1.807, 2.05) is 44.6 Å². The average molecular weight is 278 g/mol. The molecule has 1 atom stereocenters. The van der Waals surface area contributed by atoms with Crippen molar-refractivity contribution in [3.63, 3.8) is 0 Å². The second-order valence-corrected chi connectivity index (χ2v) is 5.31. The van der Waals surface area contributed by atoms with Crippen LogP contribution in [-0.4, -0.2) is 40.3 Å². The maximum absolute atomic E-state index is 12.0. The number of amides is 2. The van der Waals surface area contributed by atoms with Crippen LogP contribution in [0, 0.1) is 13.8 Å². The van der Waals surface area contributed by atoms with Gasteiger partial charge in [0.2, 0.25) is 0 Å². The number of urea groups is 1. The van der Waals surface area contributed by atoms with Crippen LogP contribution in [0.2, 0.25) is 0 Å². The Morgan fingerprint density at radius 2 is 2.30 bits per heavy atom. The summed E-state index contributed by atoms with van der Waals surface area (Å²) in [5, 5.41) is 7.40. The Morgan fingerprint density at radius 1 is 1.60 bits per heavy atom. The number of carbonyl (C=O) groups is 1. The molecule has 20 heavy (non-hydrogen) atoms. The molecule has 0 aromatic carbocycles. The van der Waals surface area contributed by atoms with Crippen LogP contribution in [0.1, 0.15) is 31.2 Å². The molecule has 0 aliphatic rings. The highest BCUT2D eigenvalue weighted by Gasteiger charge is 2.13. The number of aromatic nitrogens is 2. The van der Waals surface area contributed by atoms with Crippen LogP contribution in [0.5, 0.6) is 0 Å². The molecule has 0 aliphatic heterocycles. The number of unbranched alkanes of at least 4 members (excludes halogenated alkanes) is 1. The average Bonchev–Trinajstić information content (AvgIpc) is 2.67. The number of nitrogens with one attached hydrogen (secondary N) is 1. The summed E-state index contributed by atoms with van der Waals surface area (Å²) >= 11 is 0. The van der Waals surface area contributed by atoms with Gasteiger partial charge in [-0.2, -0.15) is 5.10 Å². The summed E-state index contributed by atoms with van der Waals surface area (Å²) in [6.07, 6.45) is 3.75. The second kappa shape index (κ2) is 7.72. The first-order valence-electron chi connectivity index (χ1n) is 7.07. The zero-order valence-electron chi connectivity index (χ0n) is 13.0. The van der Waals surface area contributed by atoms with Crippen molar-refractivity contribution in [3.8, 4) is 0 Å². The Labute approximate surface area is 121 Å². The molecule has 0 spiro atoms. The fourth-order valence-electron chi connectivity index (χ4n) is 2.06. The van der Waals surface area contributed by atoms with Crippen LogP contribution >= 0.6 is 0 Å². The molecular formula is C15H26N4O. The van der Waals surface area contributed by atoms with Crippen LogP contribution in [0.3, 0.4) is 0 Å². The van der Waals surface area contributed by atoms with Gasteiger partial charge in [-0.3, -0.25) is 4.68 Å². The maximum atomic E-state index is 12.0. The van der Waals surface area contributed by atoms with E-state index >= 15 is 0 Å². The topological polar surface area (TPSA) is 50.2 Å². The van der Waals surface area contributed by atoms with E-state index in [1.54, 1.807) is 4.90 Å². The van der Waals surface area contributed by atoms with Crippen molar-refractivity contribution in [1.29, 1.82) is 0 Å². The highest BCUT2D eigenvalue weighted by atomic mass is 16.2. The SMILES string of the molecule is C=CCCCN(C)C(=O)N[C@H](C)Cn1nc(C)cc1C. The lowest BCUT2D eigenvalue weighted by Crippen LogP contribution is -2.44. The van der Waals surface area contributed by atoms with E-state index in [1.165, 1.54) is 0 Å². The summed E-state index contributed by atoms with van der Waals surface area (Å²) in [7, 11) is 1.81. The zero-order valence-corrected chi connectivity index (χ0v) is 13.0. The van der Waals surface area contributed by atoms with Crippen LogP contribution in [0.15, 0.2) is 18.7 Å². The molecule has 1 aromatic rings. The summed E-state index contributed by atoms with van der Waals surface area (Å²) in [6, 6.07) is 2.04. The first kappa shape index (κ1) is 16.3. The third kappa shape index (κ3) is 5.07. The normalized spacial score (nSPS) is 12.0. The Hall–Kier alpha value is -1.78. The molecule has 0 saturated heterocycles. The number of aryl methyl sites for hydroxylation is 2. The van der Waals surface area contributed by atoms with Gasteiger partial charge in [-0.25, -0.2) is 4.79 Å². The minimum Gasteiger partial charge on any atom is -0.334 e. The van der Waals surface area contributed by atoms with Gasteiger partial charge in [0.1, 0.15) is 0 Å². The highest BCUT2D eigenvalue weighted by molar-refractivity contribution is 5.74. The summed E-state index contributed by atoms with van der Waals surface area (Å²) in [6.45, 7) is 11.1. The summed E-state index contributed by atoms with van der Waals surface area (Å²) in [5.74, 6) is 0. The molecule has 0 bridgehead atoms. The molecule has 1 aromatic heterocycles. The van der Waals surface area contributed by atoms with Crippen molar-refractivity contribution in [3.05, 3.63) is 30.1 Å². The molecule has 5 heteroatoms. The lowest BCUT2D eigenvalue weighted by molar-refractivity contribution is 0.203. The molecule has 0 fully saturated rings. The molecule has 1 heterocycles. The van der Waals surface area contributed by atoms with Gasteiger partial charge in [-0.05, 0) is 39.7 Å². The molecule has 0 unspecified atom stereocenters. The zero-order chi connectivity index (χ0) is 15.1. The van der Waals surface area contributed by atoms with E-state index < -0.39 is 0 Å². The van der Waals surface area contributed by atoms with Gasteiger partial charge in [0.15, 0.2) is 0 Å². The van der Waals surface area contributed by atoms with Crippen LogP contribution < -0.4 is 5.32 Å². The third-order valence-electron chi connectivity index (χ3n) is 3.17. The van der Waals surface area contributed by atoms with E-state index in [9.17, 15) is 4.79 Å². The molecule has 112 valence electrons. The Kier molecular flexibility index (Phi) is 6.28. The number of nitrogens with zero attached hydrogens (tertiary/aromatic N) is 3. The van der Waals surface area contributed by atoms with Crippen molar-refractivity contribution in [2.24, 2.45) is 0 Å². The lowest BCUT2D eigenvalue weighted by Gasteiger charge is -2.21. The van der Waals surface area contributed by atoms with Gasteiger partial charge < -0.3 is 10.2 Å². The smallest absolute Gasteiger partial charge is 0.317 e. The maximum Gasteiger partial charge on any atom is 0.317 e. The van der Waals surface area contributed by atoms with E-state index in [-0.39, 0.29) is 12.1 Å². The van der Waals surface area contributed by atoms with Crippen LogP contribution in [0.25, 0.3) is 0 Å². The molecule has 1 rings (SSSR count). The second-order valence-electron chi connectivity index (χ2n) is 5.31. The number of rotatable bonds is 7. The van der Waals surface area contributed by atoms with E-state index in [4.69, 9.17) is 0 Å². The van der Waals surface area contributed by atoms with Gasteiger partial charge in [0, 0.05) is 25.3 Å². The van der Waals surface area contributed by atoms with E-state index in [0.717, 1.165) is 30.8 Å². The molecule has 0 aliphatic carbocycles. The van der Waals surface area contributed by atoms with Gasteiger partial charge in [0.05, 0.1) is 12.2 Å². The third-order valence-corrected chi connectivity index (χ3v) is 3.17. The van der Waals surface area contributed by atoms with Gasteiger partial charge >= 0.3 is 6.03 Å². The highest BCUT2D eigenvalue weighted by Crippen LogP contribution is 2.03. The first-order chi connectivity index (χ1) is 9.43. The summed E-state index contributed by atoms with van der Waals surface area (Å²) in [5.41, 5.74) is 2.12. The van der Waals surface area contributed by atoms with Crippen molar-refractivity contribution >= 4 is 6.03 Å². The quantitative estimate of drug-likeness (QED) is 0.615. The molecule has 0 radical (unpaired) electrons. The van der Waals surface area contributed by atoms with Crippen molar-refractivity contribution < 1.29 is 4.79 Å². The standard InChI is InChI=1S/C15H26N4O/c1-6-7-8-9-18(5)15(20)16-13(3)11-19-14(4)10-12(2)17-19/h6,10,13H,1,7-9,11H2,2-5H3,(H,16,20)/t13-/m1/s1. The van der Waals surface area contributed by atoms with E-state index in [0.29, 0.717) is 6.54 Å². The predicted octanol–water partition coefficient (Wildman–Crippen LogP) is 2.50. The Morgan fingerprint density at radius 3 is 2.85 bits per heavy atom. The predicted molar refractivity (Wildman–Crippen MR) is 81.8 cm³/mol. The molecule has 5 nitrogen and oxygen atoms in total. The fourth-order valence-corrected chi connectivity index (χ4v) is 2.06. The molecule has 2 amide bonds. The largest absolute Gasteiger partial charge is 0.334 e. The monoisotopic (exact) mass is 278 g/mol. The van der Waals surface area contributed by atoms with Crippen LogP contribution in [-0.2, 0) is 6.54 Å². The summed E-state index contributed by atoms with van der Waals surface area (Å²) in [4.78, 5) is 13.7. The van der Waals surface area contributed by atoms with Gasteiger partial charge in [0.25, 0.3) is 0 Å². The Bertz CT molecular complexity index is 453. The Balaban J connectivity index is 2.41.